The molecular weight excluding hydrogens is 352 g/mol. The number of halogens is 1. The number of carbonyl (C=O) groups is 1. The number of rotatable bonds is 5. The fraction of sp³-hybridized carbons (Fsp3) is 0.400. The molecule has 1 aromatic carbocycles. The van der Waals surface area contributed by atoms with Gasteiger partial charge in [-0.15, -0.1) is 0 Å². The molecular formula is C20H23ClN2O3. The number of hydrogen-bond acceptors (Lipinski definition) is 3. The van der Waals surface area contributed by atoms with Crippen LogP contribution in [0.4, 0.5) is 0 Å². The van der Waals surface area contributed by atoms with Crippen molar-refractivity contribution in [2.75, 3.05) is 6.54 Å². The van der Waals surface area contributed by atoms with Crippen LogP contribution in [-0.2, 0) is 10.2 Å². The molecule has 1 aliphatic rings. The van der Waals surface area contributed by atoms with Crippen LogP contribution in [0, 0.1) is 0 Å². The number of pyridine rings is 1. The van der Waals surface area contributed by atoms with E-state index in [1.807, 2.05) is 24.3 Å². The van der Waals surface area contributed by atoms with Gasteiger partial charge in [0, 0.05) is 23.3 Å². The van der Waals surface area contributed by atoms with Gasteiger partial charge in [-0.25, -0.2) is 0 Å². The fourth-order valence-electron chi connectivity index (χ4n) is 3.70. The van der Waals surface area contributed by atoms with E-state index in [0.29, 0.717) is 10.7 Å². The van der Waals surface area contributed by atoms with Crippen LogP contribution < -0.4 is 10.9 Å². The molecule has 6 heteroatoms. The predicted molar refractivity (Wildman–Crippen MR) is 101 cm³/mol. The molecule has 3 N–H and O–H groups in total. The Morgan fingerprint density at radius 1 is 1.15 bits per heavy atom. The molecule has 1 aliphatic carbocycles. The summed E-state index contributed by atoms with van der Waals surface area (Å²) in [7, 11) is 0. The van der Waals surface area contributed by atoms with Gasteiger partial charge in [0.1, 0.15) is 6.10 Å². The van der Waals surface area contributed by atoms with E-state index in [0.717, 1.165) is 37.7 Å². The van der Waals surface area contributed by atoms with E-state index in [2.05, 4.69) is 10.3 Å². The highest BCUT2D eigenvalue weighted by atomic mass is 35.5. The number of hydrogen-bond donors (Lipinski definition) is 3. The minimum atomic E-state index is -0.960. The molecule has 1 fully saturated rings. The molecule has 1 aromatic heterocycles. The van der Waals surface area contributed by atoms with Crippen molar-refractivity contribution in [1.29, 1.82) is 0 Å². The summed E-state index contributed by atoms with van der Waals surface area (Å²) in [6, 6.07) is 12.0. The summed E-state index contributed by atoms with van der Waals surface area (Å²) in [6.07, 6.45) is 3.70. The van der Waals surface area contributed by atoms with Crippen molar-refractivity contribution < 1.29 is 9.90 Å². The molecule has 26 heavy (non-hydrogen) atoms. The van der Waals surface area contributed by atoms with Gasteiger partial charge >= 0.3 is 0 Å². The third-order valence-electron chi connectivity index (χ3n) is 5.14. The van der Waals surface area contributed by atoms with Gasteiger partial charge in [-0.05, 0) is 36.6 Å². The lowest BCUT2D eigenvalue weighted by atomic mass is 9.68. The number of nitrogens with one attached hydrogen (secondary N) is 2. The van der Waals surface area contributed by atoms with Gasteiger partial charge in [0.2, 0.25) is 11.5 Å². The van der Waals surface area contributed by atoms with Gasteiger partial charge in [-0.2, -0.15) is 0 Å². The zero-order chi connectivity index (χ0) is 18.6. The molecule has 0 spiro atoms. The topological polar surface area (TPSA) is 82.2 Å². The molecule has 0 saturated heterocycles. The first-order valence-corrected chi connectivity index (χ1v) is 9.31. The maximum atomic E-state index is 13.1. The number of benzene rings is 1. The molecule has 3 rings (SSSR count). The highest BCUT2D eigenvalue weighted by Gasteiger charge is 2.41. The highest BCUT2D eigenvalue weighted by molar-refractivity contribution is 6.30. The molecule has 0 bridgehead atoms. The minimum Gasteiger partial charge on any atom is -0.385 e. The highest BCUT2D eigenvalue weighted by Crippen LogP contribution is 2.40. The molecule has 5 nitrogen and oxygen atoms in total. The molecule has 1 unspecified atom stereocenters. The van der Waals surface area contributed by atoms with Crippen molar-refractivity contribution in [3.8, 4) is 0 Å². The molecule has 0 aliphatic heterocycles. The van der Waals surface area contributed by atoms with E-state index in [1.54, 1.807) is 12.1 Å². The summed E-state index contributed by atoms with van der Waals surface area (Å²) in [5, 5.41) is 13.8. The Morgan fingerprint density at radius 3 is 2.50 bits per heavy atom. The van der Waals surface area contributed by atoms with Crippen molar-refractivity contribution >= 4 is 17.5 Å². The van der Waals surface area contributed by atoms with Crippen LogP contribution >= 0.6 is 11.6 Å². The van der Waals surface area contributed by atoms with Crippen LogP contribution in [0.3, 0.4) is 0 Å². The lowest BCUT2D eigenvalue weighted by Gasteiger charge is -2.36. The summed E-state index contributed by atoms with van der Waals surface area (Å²) in [6.45, 7) is 0.0497. The molecule has 138 valence electrons. The summed E-state index contributed by atoms with van der Waals surface area (Å²) >= 11 is 6.00. The fourth-order valence-corrected chi connectivity index (χ4v) is 3.82. The van der Waals surface area contributed by atoms with E-state index in [1.165, 1.54) is 6.07 Å². The van der Waals surface area contributed by atoms with E-state index in [4.69, 9.17) is 11.6 Å². The van der Waals surface area contributed by atoms with Crippen LogP contribution in [0.5, 0.6) is 0 Å². The van der Waals surface area contributed by atoms with Crippen molar-refractivity contribution in [2.24, 2.45) is 0 Å². The molecule has 1 atom stereocenters. The molecule has 1 saturated carbocycles. The number of aliphatic hydroxyl groups is 1. The van der Waals surface area contributed by atoms with Crippen molar-refractivity contribution in [1.82, 2.24) is 10.3 Å². The number of amides is 1. The third-order valence-corrected chi connectivity index (χ3v) is 5.40. The standard InChI is InChI=1S/C20H23ClN2O3/c21-15-9-7-14(8-10-15)20(11-2-1-3-12-20)19(26)22-13-17(24)16-5-4-6-18(25)23-16/h4-10,17,24H,1-3,11-13H2,(H,22,26)(H,23,25). The van der Waals surface area contributed by atoms with Gasteiger partial charge in [-0.1, -0.05) is 49.1 Å². The SMILES string of the molecule is O=C(NCC(O)c1cccc(=O)[nH]1)C1(c2ccc(Cl)cc2)CCCCC1. The first-order valence-electron chi connectivity index (χ1n) is 8.93. The van der Waals surface area contributed by atoms with Crippen LogP contribution in [0.25, 0.3) is 0 Å². The first-order chi connectivity index (χ1) is 12.5. The Bertz CT molecular complexity index is 810. The van der Waals surface area contributed by atoms with Gasteiger partial charge in [0.25, 0.3) is 0 Å². The lowest BCUT2D eigenvalue weighted by molar-refractivity contribution is -0.128. The minimum absolute atomic E-state index is 0.0497. The Hall–Kier alpha value is -2.11. The van der Waals surface area contributed by atoms with Crippen LogP contribution in [0.1, 0.15) is 49.5 Å². The molecule has 1 heterocycles. The quantitative estimate of drug-likeness (QED) is 0.752. The van der Waals surface area contributed by atoms with Crippen LogP contribution in [0.15, 0.2) is 47.3 Å². The van der Waals surface area contributed by atoms with Crippen LogP contribution in [-0.4, -0.2) is 22.5 Å². The third kappa shape index (κ3) is 4.00. The van der Waals surface area contributed by atoms with Crippen LogP contribution in [0.2, 0.25) is 5.02 Å². The summed E-state index contributed by atoms with van der Waals surface area (Å²) in [5.74, 6) is -0.0862. The van der Waals surface area contributed by atoms with Gasteiger partial charge in [0.15, 0.2) is 0 Å². The van der Waals surface area contributed by atoms with E-state index in [-0.39, 0.29) is 18.0 Å². The zero-order valence-corrected chi connectivity index (χ0v) is 15.3. The van der Waals surface area contributed by atoms with Gasteiger partial charge in [-0.3, -0.25) is 9.59 Å². The van der Waals surface area contributed by atoms with E-state index >= 15 is 0 Å². The first kappa shape index (κ1) is 18.7. The predicted octanol–water partition coefficient (Wildman–Crippen LogP) is 3.08. The maximum Gasteiger partial charge on any atom is 0.248 e. The van der Waals surface area contributed by atoms with E-state index in [9.17, 15) is 14.7 Å². The normalized spacial score (nSPS) is 17.5. The lowest BCUT2D eigenvalue weighted by Crippen LogP contribution is -2.47. The molecule has 2 aromatic rings. The Balaban J connectivity index is 1.76. The molecule has 0 radical (unpaired) electrons. The van der Waals surface area contributed by atoms with Crippen molar-refractivity contribution in [2.45, 2.75) is 43.6 Å². The summed E-state index contributed by atoms with van der Waals surface area (Å²) in [5.41, 5.74) is 0.480. The molecule has 1 amide bonds. The second kappa shape index (κ2) is 8.06. The number of aromatic nitrogens is 1. The van der Waals surface area contributed by atoms with Crippen molar-refractivity contribution in [3.05, 3.63) is 69.1 Å². The van der Waals surface area contributed by atoms with Gasteiger partial charge in [0.05, 0.1) is 5.41 Å². The Kier molecular flexibility index (Phi) is 5.79. The average molecular weight is 375 g/mol. The maximum absolute atomic E-state index is 13.1. The van der Waals surface area contributed by atoms with Gasteiger partial charge < -0.3 is 15.4 Å². The van der Waals surface area contributed by atoms with Crippen molar-refractivity contribution in [3.63, 3.8) is 0 Å². The second-order valence-electron chi connectivity index (χ2n) is 6.85. The summed E-state index contributed by atoms with van der Waals surface area (Å²) < 4.78 is 0. The smallest absolute Gasteiger partial charge is 0.248 e. The van der Waals surface area contributed by atoms with E-state index < -0.39 is 11.5 Å². The zero-order valence-electron chi connectivity index (χ0n) is 14.5. The number of carbonyl (C=O) groups excluding carboxylic acids is 1. The Labute approximate surface area is 157 Å². The Morgan fingerprint density at radius 2 is 1.85 bits per heavy atom. The summed E-state index contributed by atoms with van der Waals surface area (Å²) in [4.78, 5) is 27.0. The average Bonchev–Trinajstić information content (AvgIpc) is 2.67. The second-order valence-corrected chi connectivity index (χ2v) is 7.28. The number of H-pyrrole nitrogens is 1. The monoisotopic (exact) mass is 374 g/mol. The largest absolute Gasteiger partial charge is 0.385 e. The number of aromatic amines is 1. The number of aliphatic hydroxyl groups excluding tert-OH is 1.